The summed E-state index contributed by atoms with van der Waals surface area (Å²) in [5.74, 6) is 0. The predicted octanol–water partition coefficient (Wildman–Crippen LogP) is 2.72. The summed E-state index contributed by atoms with van der Waals surface area (Å²) >= 11 is 0. The van der Waals surface area contributed by atoms with E-state index in [1.54, 1.807) is 0 Å². The molecule has 1 aromatic carbocycles. The first-order chi connectivity index (χ1) is 11.0. The molecule has 0 saturated carbocycles. The van der Waals surface area contributed by atoms with E-state index in [-0.39, 0.29) is 25.0 Å². The molecular weight excluding hydrogens is 311 g/mol. The summed E-state index contributed by atoms with van der Waals surface area (Å²) in [4.78, 5) is 0. The van der Waals surface area contributed by atoms with Gasteiger partial charge in [-0.1, -0.05) is 12.1 Å². The molecule has 0 amide bonds. The topological polar surface area (TPSA) is 39.7 Å². The number of nitrogens with one attached hydrogen (secondary N) is 1. The number of hydrogen-bond acceptors (Lipinski definition) is 4. The Kier molecular flexibility index (Phi) is 5.21. The van der Waals surface area contributed by atoms with Crippen LogP contribution in [0.15, 0.2) is 24.3 Å². The van der Waals surface area contributed by atoms with Gasteiger partial charge < -0.3 is 19.5 Å². The Morgan fingerprint density at radius 1 is 1.13 bits per heavy atom. The first kappa shape index (κ1) is 16.7. The van der Waals surface area contributed by atoms with Crippen LogP contribution in [0.4, 0.5) is 13.2 Å². The summed E-state index contributed by atoms with van der Waals surface area (Å²) in [6, 6.07) is 5.03. The zero-order chi connectivity index (χ0) is 16.3. The van der Waals surface area contributed by atoms with Gasteiger partial charge in [0.15, 0.2) is 6.29 Å². The van der Waals surface area contributed by atoms with E-state index >= 15 is 0 Å². The number of halogens is 3. The van der Waals surface area contributed by atoms with Crippen molar-refractivity contribution in [3.63, 3.8) is 0 Å². The smallest absolute Gasteiger partial charge is 0.372 e. The normalized spacial score (nSPS) is 26.6. The average Bonchev–Trinajstić information content (AvgIpc) is 3.02. The molecule has 2 saturated heterocycles. The molecule has 128 valence electrons. The van der Waals surface area contributed by atoms with Gasteiger partial charge in [-0.3, -0.25) is 0 Å². The lowest BCUT2D eigenvalue weighted by atomic mass is 10.1. The third-order valence-corrected chi connectivity index (χ3v) is 4.10. The molecule has 2 fully saturated rings. The maximum Gasteiger partial charge on any atom is 0.416 e. The summed E-state index contributed by atoms with van der Waals surface area (Å²) in [5, 5.41) is 3.32. The largest absolute Gasteiger partial charge is 0.416 e. The Bertz CT molecular complexity index is 500. The maximum atomic E-state index is 12.5. The zero-order valence-corrected chi connectivity index (χ0v) is 12.6. The van der Waals surface area contributed by atoms with Crippen LogP contribution in [0.2, 0.25) is 0 Å². The van der Waals surface area contributed by atoms with E-state index in [1.807, 2.05) is 0 Å². The molecule has 3 rings (SSSR count). The predicted molar refractivity (Wildman–Crippen MR) is 76.7 cm³/mol. The van der Waals surface area contributed by atoms with E-state index in [0.29, 0.717) is 18.8 Å². The highest BCUT2D eigenvalue weighted by atomic mass is 19.4. The van der Waals surface area contributed by atoms with Crippen molar-refractivity contribution in [2.24, 2.45) is 0 Å². The van der Waals surface area contributed by atoms with Crippen molar-refractivity contribution in [3.8, 4) is 0 Å². The van der Waals surface area contributed by atoms with Gasteiger partial charge >= 0.3 is 6.18 Å². The lowest BCUT2D eigenvalue weighted by molar-refractivity contribution is -0.204. The van der Waals surface area contributed by atoms with Gasteiger partial charge in [-0.25, -0.2) is 0 Å². The van der Waals surface area contributed by atoms with E-state index < -0.39 is 11.7 Å². The average molecular weight is 331 g/mol. The minimum Gasteiger partial charge on any atom is -0.372 e. The highest BCUT2D eigenvalue weighted by Crippen LogP contribution is 2.29. The highest BCUT2D eigenvalue weighted by molar-refractivity contribution is 5.24. The second-order valence-corrected chi connectivity index (χ2v) is 5.78. The minimum atomic E-state index is -4.31. The van der Waals surface area contributed by atoms with Crippen LogP contribution in [0, 0.1) is 0 Å². The zero-order valence-electron chi connectivity index (χ0n) is 12.6. The van der Waals surface area contributed by atoms with Crippen LogP contribution in [0.25, 0.3) is 0 Å². The van der Waals surface area contributed by atoms with Crippen molar-refractivity contribution in [1.29, 1.82) is 0 Å². The molecule has 0 aliphatic carbocycles. The number of hydrogen-bond donors (Lipinski definition) is 1. The summed E-state index contributed by atoms with van der Waals surface area (Å²) in [7, 11) is 0. The van der Waals surface area contributed by atoms with Crippen molar-refractivity contribution in [2.45, 2.75) is 44.1 Å². The van der Waals surface area contributed by atoms with Crippen LogP contribution in [0.1, 0.15) is 24.0 Å². The first-order valence-electron chi connectivity index (χ1n) is 7.78. The molecule has 1 aromatic rings. The lowest BCUT2D eigenvalue weighted by Crippen LogP contribution is -2.47. The fraction of sp³-hybridized carbons (Fsp3) is 0.625. The molecule has 1 N–H and O–H groups in total. The van der Waals surface area contributed by atoms with Gasteiger partial charge in [0.25, 0.3) is 0 Å². The molecule has 23 heavy (non-hydrogen) atoms. The Hall–Kier alpha value is -1.15. The van der Waals surface area contributed by atoms with Crippen molar-refractivity contribution in [2.75, 3.05) is 19.8 Å². The van der Waals surface area contributed by atoms with Crippen molar-refractivity contribution < 1.29 is 27.4 Å². The molecule has 2 heterocycles. The summed E-state index contributed by atoms with van der Waals surface area (Å²) in [6.45, 7) is 2.43. The van der Waals surface area contributed by atoms with Gasteiger partial charge in [-0.05, 0) is 37.1 Å². The van der Waals surface area contributed by atoms with Crippen LogP contribution in [-0.2, 0) is 27.0 Å². The second kappa shape index (κ2) is 7.17. The molecule has 4 nitrogen and oxygen atoms in total. The first-order valence-corrected chi connectivity index (χ1v) is 7.78. The highest BCUT2D eigenvalue weighted by Gasteiger charge is 2.36. The number of ether oxygens (including phenoxy) is 3. The molecule has 0 bridgehead atoms. The van der Waals surface area contributed by atoms with Crippen molar-refractivity contribution >= 4 is 0 Å². The minimum absolute atomic E-state index is 0.0373. The summed E-state index contributed by atoms with van der Waals surface area (Å²) in [5.41, 5.74) is 0.0693. The number of alkyl halides is 3. The van der Waals surface area contributed by atoms with Gasteiger partial charge in [0, 0.05) is 0 Å². The molecule has 7 heteroatoms. The molecule has 2 aliphatic rings. The Morgan fingerprint density at radius 3 is 2.48 bits per heavy atom. The lowest BCUT2D eigenvalue weighted by Gasteiger charge is -2.31. The monoisotopic (exact) mass is 331 g/mol. The van der Waals surface area contributed by atoms with E-state index in [9.17, 15) is 13.2 Å². The molecule has 2 atom stereocenters. The van der Waals surface area contributed by atoms with Crippen molar-refractivity contribution in [1.82, 2.24) is 5.32 Å². The van der Waals surface area contributed by atoms with E-state index in [1.165, 1.54) is 12.1 Å². The molecule has 2 unspecified atom stereocenters. The van der Waals surface area contributed by atoms with Crippen LogP contribution >= 0.6 is 0 Å². The standard InChI is InChI=1S/C16H20F3NO3/c17-16(18,19)12-4-2-11(3-5-12)10-23-13-6-7-20-14(13)15-21-8-1-9-22-15/h2-5,13-15,20H,1,6-10H2. The number of rotatable bonds is 4. The van der Waals surface area contributed by atoms with Crippen LogP contribution < -0.4 is 5.32 Å². The van der Waals surface area contributed by atoms with Gasteiger partial charge in [0.1, 0.15) is 0 Å². The van der Waals surface area contributed by atoms with Crippen LogP contribution in [0.3, 0.4) is 0 Å². The molecule has 0 radical (unpaired) electrons. The third kappa shape index (κ3) is 4.23. The maximum absolute atomic E-state index is 12.5. The molecule has 2 aliphatic heterocycles. The fourth-order valence-electron chi connectivity index (χ4n) is 2.87. The van der Waals surface area contributed by atoms with Gasteiger partial charge in [-0.15, -0.1) is 0 Å². The molecule has 0 aromatic heterocycles. The SMILES string of the molecule is FC(F)(F)c1ccc(COC2CCNC2C2OCCCO2)cc1. The van der Waals surface area contributed by atoms with E-state index in [4.69, 9.17) is 14.2 Å². The third-order valence-electron chi connectivity index (χ3n) is 4.10. The van der Waals surface area contributed by atoms with Gasteiger partial charge in [0.05, 0.1) is 37.5 Å². The molecular formula is C16H20F3NO3. The van der Waals surface area contributed by atoms with E-state index in [0.717, 1.165) is 31.5 Å². The number of benzene rings is 1. The Morgan fingerprint density at radius 2 is 1.83 bits per heavy atom. The fourth-order valence-corrected chi connectivity index (χ4v) is 2.87. The van der Waals surface area contributed by atoms with Gasteiger partial charge in [0.2, 0.25) is 0 Å². The summed E-state index contributed by atoms with van der Waals surface area (Å²) < 4.78 is 54.7. The van der Waals surface area contributed by atoms with Crippen LogP contribution in [-0.4, -0.2) is 38.2 Å². The van der Waals surface area contributed by atoms with Crippen molar-refractivity contribution in [3.05, 3.63) is 35.4 Å². The van der Waals surface area contributed by atoms with E-state index in [2.05, 4.69) is 5.32 Å². The van der Waals surface area contributed by atoms with Gasteiger partial charge in [-0.2, -0.15) is 13.2 Å². The van der Waals surface area contributed by atoms with Crippen LogP contribution in [0.5, 0.6) is 0 Å². The second-order valence-electron chi connectivity index (χ2n) is 5.78. The quantitative estimate of drug-likeness (QED) is 0.921. The summed E-state index contributed by atoms with van der Waals surface area (Å²) in [6.07, 6.45) is -2.98. The Labute approximate surface area is 132 Å². The Balaban J connectivity index is 1.54. The molecule has 0 spiro atoms.